The number of hydrogen-bond donors (Lipinski definition) is 4. The van der Waals surface area contributed by atoms with Crippen molar-refractivity contribution >= 4 is 23.8 Å². The zero-order valence-electron chi connectivity index (χ0n) is 24.9. The van der Waals surface area contributed by atoms with Gasteiger partial charge in [0, 0.05) is 6.20 Å². The summed E-state index contributed by atoms with van der Waals surface area (Å²) in [6.45, 7) is 3.99. The zero-order chi connectivity index (χ0) is 30.9. The second kappa shape index (κ2) is 14.6. The maximum absolute atomic E-state index is 14.3. The molecule has 3 aromatic carbocycles. The van der Waals surface area contributed by atoms with E-state index in [0.717, 1.165) is 12.0 Å². The van der Waals surface area contributed by atoms with Crippen LogP contribution in [0.5, 0.6) is 5.75 Å². The van der Waals surface area contributed by atoms with Gasteiger partial charge in [-0.1, -0.05) is 93.1 Å². The zero-order valence-corrected chi connectivity index (χ0v) is 24.9. The Kier molecular flexibility index (Phi) is 10.7. The van der Waals surface area contributed by atoms with Crippen LogP contribution in [-0.4, -0.2) is 59.9 Å². The van der Waals surface area contributed by atoms with Crippen LogP contribution in [0.25, 0.3) is 6.08 Å². The number of nitrogens with zero attached hydrogens (tertiary/aromatic N) is 1. The van der Waals surface area contributed by atoms with Gasteiger partial charge in [0.25, 0.3) is 0 Å². The molecule has 226 valence electrons. The molecule has 2 bridgehead atoms. The van der Waals surface area contributed by atoms with E-state index in [1.165, 1.54) is 6.20 Å². The molecular weight excluding hydrogens is 544 g/mol. The Bertz CT molecular complexity index is 1400. The standard InChI is InChI=1S/C34H40N4O5/c1-5-22(2)29(38(3)4)34(42)37-28-31(25-14-10-7-11-15-25)43-26-18-16-23(17-19-26)20-21-35-32(40)27(36-33(28)41)30(39)24-12-8-6-9-13-24/h6-22,27-31,39H,5H2,1-4H3,(H,35,40)(H,36,41)(H,37,42)/t22-,27+,28+,29-,30+,31+/m0/s1. The van der Waals surface area contributed by atoms with Crippen molar-refractivity contribution in [1.82, 2.24) is 20.9 Å². The third kappa shape index (κ3) is 7.88. The Hall–Kier alpha value is -4.47. The summed E-state index contributed by atoms with van der Waals surface area (Å²) in [5.74, 6) is -1.18. The van der Waals surface area contributed by atoms with E-state index in [4.69, 9.17) is 4.74 Å². The Morgan fingerprint density at radius 3 is 2.19 bits per heavy atom. The van der Waals surface area contributed by atoms with Crippen LogP contribution in [0.2, 0.25) is 0 Å². The highest BCUT2D eigenvalue weighted by Gasteiger charge is 2.39. The van der Waals surface area contributed by atoms with Crippen molar-refractivity contribution in [2.75, 3.05) is 14.1 Å². The fraction of sp³-hybridized carbons (Fsp3) is 0.324. The smallest absolute Gasteiger partial charge is 0.249 e. The van der Waals surface area contributed by atoms with E-state index in [1.54, 1.807) is 48.5 Å². The number of nitrogens with one attached hydrogen (secondary N) is 3. The van der Waals surface area contributed by atoms with Crippen molar-refractivity contribution < 1.29 is 24.2 Å². The fourth-order valence-electron chi connectivity index (χ4n) is 5.20. The van der Waals surface area contributed by atoms with E-state index in [9.17, 15) is 19.5 Å². The summed E-state index contributed by atoms with van der Waals surface area (Å²) in [7, 11) is 3.64. The predicted molar refractivity (Wildman–Crippen MR) is 166 cm³/mol. The number of carbonyl (C=O) groups excluding carboxylic acids is 3. The molecule has 0 saturated heterocycles. The highest BCUT2D eigenvalue weighted by molar-refractivity contribution is 5.94. The number of benzene rings is 3. The molecule has 6 atom stereocenters. The molecular formula is C34H40N4O5. The van der Waals surface area contributed by atoms with Gasteiger partial charge >= 0.3 is 0 Å². The number of fused-ring (bicyclic) bond motifs is 10. The second-order valence-electron chi connectivity index (χ2n) is 11.0. The minimum atomic E-state index is -1.38. The predicted octanol–water partition coefficient (Wildman–Crippen LogP) is 3.59. The second-order valence-corrected chi connectivity index (χ2v) is 11.0. The van der Waals surface area contributed by atoms with Crippen molar-refractivity contribution in [1.29, 1.82) is 0 Å². The van der Waals surface area contributed by atoms with Gasteiger partial charge in [0.2, 0.25) is 17.7 Å². The Morgan fingerprint density at radius 2 is 1.58 bits per heavy atom. The largest absolute Gasteiger partial charge is 0.483 e. The number of rotatable bonds is 8. The van der Waals surface area contributed by atoms with Gasteiger partial charge in [-0.05, 0) is 54.9 Å². The third-order valence-electron chi connectivity index (χ3n) is 7.70. The summed E-state index contributed by atoms with van der Waals surface area (Å²) >= 11 is 0. The highest BCUT2D eigenvalue weighted by atomic mass is 16.5. The number of amides is 3. The lowest BCUT2D eigenvalue weighted by Gasteiger charge is -2.34. The average Bonchev–Trinajstić information content (AvgIpc) is 3.02. The normalized spacial score (nSPS) is 21.1. The summed E-state index contributed by atoms with van der Waals surface area (Å²) in [4.78, 5) is 43.4. The molecule has 0 aliphatic carbocycles. The van der Waals surface area contributed by atoms with Crippen LogP contribution in [0, 0.1) is 5.92 Å². The van der Waals surface area contributed by atoms with E-state index >= 15 is 0 Å². The molecule has 2 aliphatic heterocycles. The van der Waals surface area contributed by atoms with Crippen LogP contribution in [-0.2, 0) is 14.4 Å². The Balaban J connectivity index is 1.82. The number of aliphatic hydroxyl groups is 1. The maximum Gasteiger partial charge on any atom is 0.249 e. The van der Waals surface area contributed by atoms with Crippen LogP contribution >= 0.6 is 0 Å². The summed E-state index contributed by atoms with van der Waals surface area (Å²) < 4.78 is 6.44. The van der Waals surface area contributed by atoms with Crippen LogP contribution in [0.3, 0.4) is 0 Å². The molecule has 0 spiro atoms. The lowest BCUT2D eigenvalue weighted by atomic mass is 9.95. The molecule has 43 heavy (non-hydrogen) atoms. The van der Waals surface area contributed by atoms with Gasteiger partial charge in [-0.15, -0.1) is 0 Å². The van der Waals surface area contributed by atoms with E-state index < -0.39 is 42.1 Å². The SMILES string of the molecule is CC[C@H](C)[C@@H](C(=O)N[C@H]1C(=O)N[C@H]([C@H](O)c2ccccc2)C(=O)NC=Cc2ccc(cc2)O[C@@H]1c1ccccc1)N(C)C. The van der Waals surface area contributed by atoms with E-state index in [1.807, 2.05) is 75.3 Å². The molecule has 0 aromatic heterocycles. The van der Waals surface area contributed by atoms with Gasteiger partial charge < -0.3 is 25.8 Å². The first-order valence-corrected chi connectivity index (χ1v) is 14.5. The number of aliphatic hydroxyl groups excluding tert-OH is 1. The van der Waals surface area contributed by atoms with Gasteiger partial charge in [0.1, 0.15) is 23.9 Å². The minimum Gasteiger partial charge on any atom is -0.483 e. The molecule has 2 aliphatic rings. The lowest BCUT2D eigenvalue weighted by molar-refractivity contribution is -0.137. The molecule has 2 heterocycles. The average molecular weight is 585 g/mol. The van der Waals surface area contributed by atoms with Gasteiger partial charge in [-0.2, -0.15) is 0 Å². The summed E-state index contributed by atoms with van der Waals surface area (Å²) in [5.41, 5.74) is 1.90. The van der Waals surface area contributed by atoms with Gasteiger partial charge in [-0.25, -0.2) is 0 Å². The van der Waals surface area contributed by atoms with Crippen LogP contribution in [0.1, 0.15) is 49.2 Å². The molecule has 0 radical (unpaired) electrons. The van der Waals surface area contributed by atoms with Crippen molar-refractivity contribution in [3.63, 3.8) is 0 Å². The molecule has 9 heteroatoms. The molecule has 4 N–H and O–H groups in total. The summed E-state index contributed by atoms with van der Waals surface area (Å²) in [6, 6.07) is 21.8. The minimum absolute atomic E-state index is 0.00887. The first kappa shape index (κ1) is 31.5. The Morgan fingerprint density at radius 1 is 0.953 bits per heavy atom. The third-order valence-corrected chi connectivity index (χ3v) is 7.70. The van der Waals surface area contributed by atoms with Crippen molar-refractivity contribution in [2.45, 2.75) is 50.6 Å². The molecule has 9 nitrogen and oxygen atoms in total. The quantitative estimate of drug-likeness (QED) is 0.321. The van der Waals surface area contributed by atoms with Gasteiger partial charge in [-0.3, -0.25) is 19.3 Å². The van der Waals surface area contributed by atoms with Crippen LogP contribution in [0.4, 0.5) is 0 Å². The molecule has 0 unspecified atom stereocenters. The fourth-order valence-corrected chi connectivity index (χ4v) is 5.20. The molecule has 3 amide bonds. The molecule has 0 saturated carbocycles. The van der Waals surface area contributed by atoms with Crippen LogP contribution < -0.4 is 20.7 Å². The van der Waals surface area contributed by atoms with Crippen molar-refractivity contribution in [2.24, 2.45) is 5.92 Å². The molecule has 5 rings (SSSR count). The maximum atomic E-state index is 14.3. The van der Waals surface area contributed by atoms with Crippen molar-refractivity contribution in [3.8, 4) is 5.75 Å². The molecule has 3 aromatic rings. The van der Waals surface area contributed by atoms with Crippen LogP contribution in [0.15, 0.2) is 91.1 Å². The first-order chi connectivity index (χ1) is 20.7. The number of ether oxygens (including phenoxy) is 1. The number of carbonyl (C=O) groups is 3. The van der Waals surface area contributed by atoms with E-state index in [2.05, 4.69) is 16.0 Å². The van der Waals surface area contributed by atoms with E-state index in [-0.39, 0.29) is 11.8 Å². The van der Waals surface area contributed by atoms with Gasteiger partial charge in [0.15, 0.2) is 6.10 Å². The first-order valence-electron chi connectivity index (χ1n) is 14.5. The monoisotopic (exact) mass is 584 g/mol. The molecule has 0 fully saturated rings. The lowest BCUT2D eigenvalue weighted by Crippen LogP contribution is -2.60. The van der Waals surface area contributed by atoms with Crippen molar-refractivity contribution in [3.05, 3.63) is 108 Å². The summed E-state index contributed by atoms with van der Waals surface area (Å²) in [6.07, 6.45) is 1.58. The number of hydrogen-bond acceptors (Lipinski definition) is 6. The van der Waals surface area contributed by atoms with E-state index in [0.29, 0.717) is 16.9 Å². The number of likely N-dealkylation sites (N-methyl/N-ethyl adjacent to an activating group) is 1. The summed E-state index contributed by atoms with van der Waals surface area (Å²) in [5, 5.41) is 19.7. The Labute approximate surface area is 252 Å². The topological polar surface area (TPSA) is 120 Å². The van der Waals surface area contributed by atoms with Gasteiger partial charge in [0.05, 0.1) is 6.04 Å². The highest BCUT2D eigenvalue weighted by Crippen LogP contribution is 2.28.